The van der Waals surface area contributed by atoms with E-state index in [9.17, 15) is 9.59 Å². The molecule has 0 unspecified atom stereocenters. The third kappa shape index (κ3) is 4.33. The molecule has 0 aromatic carbocycles. The summed E-state index contributed by atoms with van der Waals surface area (Å²) in [5.41, 5.74) is 4.82. The zero-order chi connectivity index (χ0) is 17.9. The Labute approximate surface area is 142 Å². The van der Waals surface area contributed by atoms with Gasteiger partial charge in [-0.25, -0.2) is 14.8 Å². The molecule has 1 aliphatic heterocycles. The first-order chi connectivity index (χ1) is 11.2. The van der Waals surface area contributed by atoms with Crippen molar-refractivity contribution in [3.63, 3.8) is 0 Å². The van der Waals surface area contributed by atoms with E-state index in [0.29, 0.717) is 26.2 Å². The van der Waals surface area contributed by atoms with Gasteiger partial charge in [0.1, 0.15) is 17.7 Å². The number of aromatic nitrogens is 2. The van der Waals surface area contributed by atoms with E-state index in [1.165, 1.54) is 0 Å². The molecule has 2 heterocycles. The molecule has 0 saturated carbocycles. The number of urea groups is 1. The molecule has 0 radical (unpaired) electrons. The van der Waals surface area contributed by atoms with Crippen LogP contribution in [0.2, 0.25) is 0 Å². The summed E-state index contributed by atoms with van der Waals surface area (Å²) in [5, 5.41) is 2.58. The van der Waals surface area contributed by atoms with Crippen molar-refractivity contribution < 1.29 is 9.59 Å². The van der Waals surface area contributed by atoms with Crippen LogP contribution in [0.1, 0.15) is 26.6 Å². The maximum atomic E-state index is 12.8. The van der Waals surface area contributed by atoms with E-state index in [1.807, 2.05) is 33.8 Å². The second-order valence-electron chi connectivity index (χ2n) is 7.08. The number of hydrogen-bond acceptors (Lipinski definition) is 5. The maximum absolute atomic E-state index is 12.8. The molecular weight excluding hydrogens is 308 g/mol. The number of primary amides is 1. The average Bonchev–Trinajstić information content (AvgIpc) is 2.51. The normalized spacial score (nSPS) is 16.7. The molecule has 2 rings (SSSR count). The number of nitrogens with zero attached hydrogens (tertiary/aromatic N) is 4. The van der Waals surface area contributed by atoms with Crippen LogP contribution >= 0.6 is 0 Å². The van der Waals surface area contributed by atoms with Crippen LogP contribution in [0.15, 0.2) is 12.3 Å². The first-order valence-corrected chi connectivity index (χ1v) is 8.08. The number of amides is 3. The van der Waals surface area contributed by atoms with Crippen LogP contribution in [0.3, 0.4) is 0 Å². The topological polar surface area (TPSA) is 104 Å². The van der Waals surface area contributed by atoms with Gasteiger partial charge in [0.25, 0.3) is 0 Å². The predicted octanol–water partition coefficient (Wildman–Crippen LogP) is 0.517. The van der Waals surface area contributed by atoms with Gasteiger partial charge in [-0.05, 0) is 18.4 Å². The summed E-state index contributed by atoms with van der Waals surface area (Å²) in [5.74, 6) is 1.50. The highest BCUT2D eigenvalue weighted by molar-refractivity contribution is 5.87. The molecule has 0 aliphatic carbocycles. The molecule has 3 N–H and O–H groups in total. The van der Waals surface area contributed by atoms with Crippen molar-refractivity contribution in [2.24, 2.45) is 11.1 Å². The number of carbonyl (C=O) groups excluding carboxylic acids is 2. The largest absolute Gasteiger partial charge is 0.353 e. The van der Waals surface area contributed by atoms with E-state index in [1.54, 1.807) is 11.1 Å². The molecule has 1 aromatic rings. The van der Waals surface area contributed by atoms with E-state index >= 15 is 0 Å². The van der Waals surface area contributed by atoms with Gasteiger partial charge in [0.2, 0.25) is 5.91 Å². The van der Waals surface area contributed by atoms with Crippen LogP contribution in [-0.2, 0) is 4.79 Å². The standard InChI is InChI=1S/C16H26N6O2/c1-11-18-6-5-12(19-11)21-7-9-22(10-8-21)14(23)13(16(2,3)4)20-15(17)24/h5-6,13H,7-10H2,1-4H3,(H3,17,20,24)/t13-/m0/s1. The van der Waals surface area contributed by atoms with Gasteiger partial charge in [0, 0.05) is 32.4 Å². The van der Waals surface area contributed by atoms with Gasteiger partial charge in [0.05, 0.1) is 0 Å². The lowest BCUT2D eigenvalue weighted by Gasteiger charge is -2.39. The van der Waals surface area contributed by atoms with Crippen molar-refractivity contribution in [1.82, 2.24) is 20.2 Å². The molecule has 1 aromatic heterocycles. The van der Waals surface area contributed by atoms with E-state index < -0.39 is 17.5 Å². The van der Waals surface area contributed by atoms with Gasteiger partial charge in [-0.3, -0.25) is 4.79 Å². The van der Waals surface area contributed by atoms with Gasteiger partial charge >= 0.3 is 6.03 Å². The minimum atomic E-state index is -0.682. The summed E-state index contributed by atoms with van der Waals surface area (Å²) in [6.07, 6.45) is 1.74. The van der Waals surface area contributed by atoms with Crippen LogP contribution in [0.25, 0.3) is 0 Å². The number of aryl methyl sites for hydroxylation is 1. The minimum absolute atomic E-state index is 0.0974. The molecular formula is C16H26N6O2. The number of carbonyl (C=O) groups is 2. The van der Waals surface area contributed by atoms with Crippen molar-refractivity contribution in [3.8, 4) is 0 Å². The highest BCUT2D eigenvalue weighted by atomic mass is 16.2. The smallest absolute Gasteiger partial charge is 0.312 e. The van der Waals surface area contributed by atoms with Gasteiger partial charge in [0.15, 0.2) is 0 Å². The van der Waals surface area contributed by atoms with Crippen molar-refractivity contribution in [2.75, 3.05) is 31.1 Å². The summed E-state index contributed by atoms with van der Waals surface area (Å²) in [6, 6.07) is 0.554. The number of hydrogen-bond donors (Lipinski definition) is 2. The molecule has 132 valence electrons. The average molecular weight is 334 g/mol. The van der Waals surface area contributed by atoms with Crippen molar-refractivity contribution in [2.45, 2.75) is 33.7 Å². The van der Waals surface area contributed by atoms with Gasteiger partial charge in [-0.2, -0.15) is 0 Å². The SMILES string of the molecule is Cc1nccc(N2CCN(C(=O)[C@H](NC(N)=O)C(C)(C)C)CC2)n1. The number of anilines is 1. The highest BCUT2D eigenvalue weighted by Crippen LogP contribution is 2.22. The molecule has 1 aliphatic rings. The zero-order valence-electron chi connectivity index (χ0n) is 14.7. The first-order valence-electron chi connectivity index (χ1n) is 8.08. The fourth-order valence-corrected chi connectivity index (χ4v) is 2.75. The maximum Gasteiger partial charge on any atom is 0.312 e. The lowest BCUT2D eigenvalue weighted by molar-refractivity contribution is -0.136. The lowest BCUT2D eigenvalue weighted by Crippen LogP contribution is -2.59. The van der Waals surface area contributed by atoms with Crippen molar-refractivity contribution in [1.29, 1.82) is 0 Å². The zero-order valence-corrected chi connectivity index (χ0v) is 14.7. The summed E-state index contributed by atoms with van der Waals surface area (Å²) in [4.78, 5) is 36.4. The van der Waals surface area contributed by atoms with Gasteiger partial charge < -0.3 is 20.9 Å². The Morgan fingerprint density at radius 3 is 2.38 bits per heavy atom. The van der Waals surface area contributed by atoms with Gasteiger partial charge in [-0.15, -0.1) is 0 Å². The molecule has 24 heavy (non-hydrogen) atoms. The van der Waals surface area contributed by atoms with Crippen molar-refractivity contribution >= 4 is 17.8 Å². The second-order valence-corrected chi connectivity index (χ2v) is 7.08. The molecule has 1 fully saturated rings. The molecule has 1 atom stereocenters. The lowest BCUT2D eigenvalue weighted by atomic mass is 9.85. The third-order valence-electron chi connectivity index (χ3n) is 4.08. The number of nitrogens with two attached hydrogens (primary N) is 1. The Bertz CT molecular complexity index is 605. The van der Waals surface area contributed by atoms with Gasteiger partial charge in [-0.1, -0.05) is 20.8 Å². The molecule has 8 nitrogen and oxygen atoms in total. The quantitative estimate of drug-likeness (QED) is 0.838. The Morgan fingerprint density at radius 2 is 1.88 bits per heavy atom. The molecule has 3 amide bonds. The van der Waals surface area contributed by atoms with Crippen LogP contribution in [0.4, 0.5) is 10.6 Å². The summed E-state index contributed by atoms with van der Waals surface area (Å²) in [6.45, 7) is 10.1. The van der Waals surface area contributed by atoms with Crippen LogP contribution in [0, 0.1) is 12.3 Å². The Hall–Kier alpha value is -2.38. The molecule has 1 saturated heterocycles. The Balaban J connectivity index is 2.02. The van der Waals surface area contributed by atoms with Crippen LogP contribution in [0.5, 0.6) is 0 Å². The number of piperazine rings is 1. The number of rotatable bonds is 3. The van der Waals surface area contributed by atoms with E-state index in [2.05, 4.69) is 20.2 Å². The Kier molecular flexibility index (Phi) is 5.26. The minimum Gasteiger partial charge on any atom is -0.353 e. The van der Waals surface area contributed by atoms with Crippen LogP contribution < -0.4 is 16.0 Å². The highest BCUT2D eigenvalue weighted by Gasteiger charge is 2.36. The van der Waals surface area contributed by atoms with E-state index in [4.69, 9.17) is 5.73 Å². The molecule has 0 spiro atoms. The van der Waals surface area contributed by atoms with E-state index in [-0.39, 0.29) is 5.91 Å². The monoisotopic (exact) mass is 334 g/mol. The fourth-order valence-electron chi connectivity index (χ4n) is 2.75. The second kappa shape index (κ2) is 7.02. The third-order valence-corrected chi connectivity index (χ3v) is 4.08. The Morgan fingerprint density at radius 1 is 1.25 bits per heavy atom. The summed E-state index contributed by atoms with van der Waals surface area (Å²) < 4.78 is 0. The number of nitrogens with one attached hydrogen (secondary N) is 1. The predicted molar refractivity (Wildman–Crippen MR) is 91.5 cm³/mol. The van der Waals surface area contributed by atoms with Crippen molar-refractivity contribution in [3.05, 3.63) is 18.1 Å². The molecule has 0 bridgehead atoms. The summed E-state index contributed by atoms with van der Waals surface area (Å²) in [7, 11) is 0. The molecule has 8 heteroatoms. The van der Waals surface area contributed by atoms with Crippen LogP contribution in [-0.4, -0.2) is 59.0 Å². The first kappa shape index (κ1) is 18.0. The fraction of sp³-hybridized carbons (Fsp3) is 0.625. The summed E-state index contributed by atoms with van der Waals surface area (Å²) >= 11 is 0. The van der Waals surface area contributed by atoms with E-state index in [0.717, 1.165) is 11.6 Å².